The third kappa shape index (κ3) is 2.48. The standard InChI is InChI=1S/C17H20ClNO2/c1-2-11-7-8-17(9-11)10-14(20)19-16(21)15(17)12-5-3-4-6-13(12)18/h3-6,11,15H,2,7-10H2,1H3,(H,19,20,21). The first-order chi connectivity index (χ1) is 10.1. The van der Waals surface area contributed by atoms with E-state index in [2.05, 4.69) is 12.2 Å². The van der Waals surface area contributed by atoms with Crippen molar-refractivity contribution < 1.29 is 9.59 Å². The molecule has 4 heteroatoms. The van der Waals surface area contributed by atoms with E-state index in [0.717, 1.165) is 31.2 Å². The Labute approximate surface area is 130 Å². The zero-order valence-electron chi connectivity index (χ0n) is 12.2. The van der Waals surface area contributed by atoms with Gasteiger partial charge in [0.2, 0.25) is 11.8 Å². The number of imide groups is 1. The predicted molar refractivity (Wildman–Crippen MR) is 82.0 cm³/mol. The normalized spacial score (nSPS) is 32.5. The Bertz CT molecular complexity index is 586. The van der Waals surface area contributed by atoms with E-state index < -0.39 is 0 Å². The molecule has 3 rings (SSSR count). The monoisotopic (exact) mass is 305 g/mol. The van der Waals surface area contributed by atoms with E-state index in [-0.39, 0.29) is 23.1 Å². The molecule has 2 aliphatic rings. The molecular formula is C17H20ClNO2. The first-order valence-electron chi connectivity index (χ1n) is 7.64. The summed E-state index contributed by atoms with van der Waals surface area (Å²) in [5.41, 5.74) is 0.617. The third-order valence-electron chi connectivity index (χ3n) is 5.19. The number of hydrogen-bond donors (Lipinski definition) is 1. The summed E-state index contributed by atoms with van der Waals surface area (Å²) in [7, 11) is 0. The smallest absolute Gasteiger partial charge is 0.234 e. The third-order valence-corrected chi connectivity index (χ3v) is 5.53. The molecule has 112 valence electrons. The number of rotatable bonds is 2. The fraction of sp³-hybridized carbons (Fsp3) is 0.529. The molecule has 0 bridgehead atoms. The molecule has 1 aromatic carbocycles. The van der Waals surface area contributed by atoms with Gasteiger partial charge in [-0.25, -0.2) is 0 Å². The highest BCUT2D eigenvalue weighted by atomic mass is 35.5. The van der Waals surface area contributed by atoms with Crippen LogP contribution in [0.2, 0.25) is 5.02 Å². The van der Waals surface area contributed by atoms with Crippen molar-refractivity contribution in [1.29, 1.82) is 0 Å². The number of amides is 2. The van der Waals surface area contributed by atoms with Crippen LogP contribution in [0.3, 0.4) is 0 Å². The maximum atomic E-state index is 12.5. The second kappa shape index (κ2) is 5.45. The largest absolute Gasteiger partial charge is 0.296 e. The van der Waals surface area contributed by atoms with Crippen molar-refractivity contribution in [3.63, 3.8) is 0 Å². The van der Waals surface area contributed by atoms with Gasteiger partial charge in [0, 0.05) is 11.4 Å². The maximum absolute atomic E-state index is 12.5. The molecule has 1 aromatic rings. The number of piperidine rings is 1. The van der Waals surface area contributed by atoms with Gasteiger partial charge >= 0.3 is 0 Å². The van der Waals surface area contributed by atoms with Gasteiger partial charge < -0.3 is 0 Å². The molecule has 0 radical (unpaired) electrons. The van der Waals surface area contributed by atoms with Crippen LogP contribution in [0.1, 0.15) is 50.5 Å². The van der Waals surface area contributed by atoms with E-state index in [9.17, 15) is 9.59 Å². The van der Waals surface area contributed by atoms with Crippen molar-refractivity contribution in [3.8, 4) is 0 Å². The Morgan fingerprint density at radius 3 is 2.76 bits per heavy atom. The van der Waals surface area contributed by atoms with Crippen LogP contribution in [0.4, 0.5) is 0 Å². The lowest BCUT2D eigenvalue weighted by molar-refractivity contribution is -0.140. The van der Waals surface area contributed by atoms with Gasteiger partial charge in [0.25, 0.3) is 0 Å². The molecule has 3 atom stereocenters. The summed E-state index contributed by atoms with van der Waals surface area (Å²) >= 11 is 6.33. The van der Waals surface area contributed by atoms with E-state index in [0.29, 0.717) is 17.4 Å². The lowest BCUT2D eigenvalue weighted by Crippen LogP contribution is -2.50. The molecule has 2 amide bonds. The summed E-state index contributed by atoms with van der Waals surface area (Å²) < 4.78 is 0. The summed E-state index contributed by atoms with van der Waals surface area (Å²) in [5.74, 6) is -0.0229. The lowest BCUT2D eigenvalue weighted by atomic mass is 9.65. The number of carbonyl (C=O) groups is 2. The van der Waals surface area contributed by atoms with Crippen molar-refractivity contribution in [2.24, 2.45) is 11.3 Å². The SMILES string of the molecule is CCC1CCC2(CC(=O)NC(=O)C2c2ccccc2Cl)C1. The topological polar surface area (TPSA) is 46.2 Å². The van der Waals surface area contributed by atoms with Gasteiger partial charge in [-0.1, -0.05) is 43.1 Å². The lowest BCUT2D eigenvalue weighted by Gasteiger charge is -2.40. The molecule has 3 nitrogen and oxygen atoms in total. The molecule has 1 aliphatic heterocycles. The van der Waals surface area contributed by atoms with E-state index in [1.165, 1.54) is 0 Å². The fourth-order valence-electron chi connectivity index (χ4n) is 4.18. The fourth-order valence-corrected chi connectivity index (χ4v) is 4.42. The molecule has 21 heavy (non-hydrogen) atoms. The molecule has 1 N–H and O–H groups in total. The van der Waals surface area contributed by atoms with Gasteiger partial charge in [-0.3, -0.25) is 14.9 Å². The average molecular weight is 306 g/mol. The summed E-state index contributed by atoms with van der Waals surface area (Å²) in [6, 6.07) is 7.52. The Kier molecular flexibility index (Phi) is 3.78. The van der Waals surface area contributed by atoms with Crippen molar-refractivity contribution in [3.05, 3.63) is 34.9 Å². The van der Waals surface area contributed by atoms with Gasteiger partial charge in [-0.15, -0.1) is 0 Å². The van der Waals surface area contributed by atoms with Crippen molar-refractivity contribution in [2.45, 2.75) is 44.9 Å². The molecule has 2 fully saturated rings. The van der Waals surface area contributed by atoms with Crippen molar-refractivity contribution >= 4 is 23.4 Å². The maximum Gasteiger partial charge on any atom is 0.234 e. The minimum Gasteiger partial charge on any atom is -0.296 e. The Balaban J connectivity index is 2.04. The second-order valence-electron chi connectivity index (χ2n) is 6.42. The van der Waals surface area contributed by atoms with E-state index in [1.807, 2.05) is 24.3 Å². The highest BCUT2D eigenvalue weighted by molar-refractivity contribution is 6.31. The summed E-state index contributed by atoms with van der Waals surface area (Å²) in [6.07, 6.45) is 4.51. The number of halogens is 1. The van der Waals surface area contributed by atoms with Crippen LogP contribution < -0.4 is 5.32 Å². The molecule has 0 aromatic heterocycles. The predicted octanol–water partition coefficient (Wildman–Crippen LogP) is 3.67. The summed E-state index contributed by atoms with van der Waals surface area (Å²) in [4.78, 5) is 24.4. The molecule has 3 unspecified atom stereocenters. The number of nitrogens with one attached hydrogen (secondary N) is 1. The highest BCUT2D eigenvalue weighted by Crippen LogP contribution is 2.56. The van der Waals surface area contributed by atoms with E-state index >= 15 is 0 Å². The molecule has 1 saturated carbocycles. The molecule has 1 aliphatic carbocycles. The van der Waals surface area contributed by atoms with Gasteiger partial charge in [-0.05, 0) is 42.2 Å². The number of benzene rings is 1. The molecule has 1 heterocycles. The first-order valence-corrected chi connectivity index (χ1v) is 8.01. The second-order valence-corrected chi connectivity index (χ2v) is 6.83. The minimum atomic E-state index is -0.305. The van der Waals surface area contributed by atoms with Gasteiger partial charge in [0.05, 0.1) is 5.92 Å². The van der Waals surface area contributed by atoms with Crippen LogP contribution in [0.25, 0.3) is 0 Å². The van der Waals surface area contributed by atoms with Crippen LogP contribution in [0.5, 0.6) is 0 Å². The van der Waals surface area contributed by atoms with Crippen LogP contribution in [-0.2, 0) is 9.59 Å². The van der Waals surface area contributed by atoms with E-state index in [4.69, 9.17) is 11.6 Å². The van der Waals surface area contributed by atoms with Gasteiger partial charge in [0.15, 0.2) is 0 Å². The quantitative estimate of drug-likeness (QED) is 0.847. The van der Waals surface area contributed by atoms with Gasteiger partial charge in [-0.2, -0.15) is 0 Å². The summed E-state index contributed by atoms with van der Waals surface area (Å²) in [6.45, 7) is 2.18. The van der Waals surface area contributed by atoms with Crippen LogP contribution >= 0.6 is 11.6 Å². The van der Waals surface area contributed by atoms with Gasteiger partial charge in [0.1, 0.15) is 0 Å². The van der Waals surface area contributed by atoms with Crippen molar-refractivity contribution in [1.82, 2.24) is 5.32 Å². The Morgan fingerprint density at radius 1 is 1.33 bits per heavy atom. The Hall–Kier alpha value is -1.35. The minimum absolute atomic E-state index is 0.139. The van der Waals surface area contributed by atoms with E-state index in [1.54, 1.807) is 0 Å². The number of carbonyl (C=O) groups excluding carboxylic acids is 2. The summed E-state index contributed by atoms with van der Waals surface area (Å²) in [5, 5.41) is 3.12. The average Bonchev–Trinajstić information content (AvgIpc) is 2.83. The zero-order chi connectivity index (χ0) is 15.0. The van der Waals surface area contributed by atoms with Crippen LogP contribution in [0, 0.1) is 11.3 Å². The van der Waals surface area contributed by atoms with Crippen LogP contribution in [-0.4, -0.2) is 11.8 Å². The van der Waals surface area contributed by atoms with Crippen LogP contribution in [0.15, 0.2) is 24.3 Å². The first kappa shape index (κ1) is 14.6. The molecule has 1 saturated heterocycles. The zero-order valence-corrected chi connectivity index (χ0v) is 13.0. The number of hydrogen-bond acceptors (Lipinski definition) is 2. The highest BCUT2D eigenvalue weighted by Gasteiger charge is 2.52. The molecular weight excluding hydrogens is 286 g/mol. The molecule has 1 spiro atoms. The Morgan fingerprint density at radius 2 is 2.10 bits per heavy atom. The van der Waals surface area contributed by atoms with Crippen molar-refractivity contribution in [2.75, 3.05) is 0 Å².